The normalized spacial score (nSPS) is 12.8. The molecular formula is C12H15Cl2NO2. The summed E-state index contributed by atoms with van der Waals surface area (Å²) < 4.78 is 0. The van der Waals surface area contributed by atoms with Crippen LogP contribution in [-0.2, 0) is 4.79 Å². The maximum absolute atomic E-state index is 10.2. The predicted molar refractivity (Wildman–Crippen MR) is 69.6 cm³/mol. The van der Waals surface area contributed by atoms with Crippen LogP contribution in [0.3, 0.4) is 0 Å². The van der Waals surface area contributed by atoms with Crippen molar-refractivity contribution in [3.8, 4) is 0 Å². The number of carbonyl (C=O) groups excluding carboxylic acids is 1. The highest BCUT2D eigenvalue weighted by Crippen LogP contribution is 2.25. The third kappa shape index (κ3) is 4.64. The summed E-state index contributed by atoms with van der Waals surface area (Å²) in [7, 11) is 1.85. The summed E-state index contributed by atoms with van der Waals surface area (Å²) in [5.74, 6) is 0. The first-order valence-corrected chi connectivity index (χ1v) is 6.05. The molecule has 1 N–H and O–H groups in total. The number of aliphatic hydroxyl groups excluding tert-OH is 1. The van der Waals surface area contributed by atoms with Gasteiger partial charge in [0.1, 0.15) is 6.29 Å². The van der Waals surface area contributed by atoms with Crippen molar-refractivity contribution in [1.29, 1.82) is 0 Å². The van der Waals surface area contributed by atoms with Crippen molar-refractivity contribution >= 4 is 29.5 Å². The number of carbonyl (C=O) groups is 1. The van der Waals surface area contributed by atoms with Crippen LogP contribution in [0.1, 0.15) is 18.1 Å². The quantitative estimate of drug-likeness (QED) is 0.812. The Labute approximate surface area is 111 Å². The molecule has 0 heterocycles. The van der Waals surface area contributed by atoms with Crippen molar-refractivity contribution in [2.75, 3.05) is 20.1 Å². The van der Waals surface area contributed by atoms with Crippen molar-refractivity contribution in [1.82, 2.24) is 4.90 Å². The molecule has 0 amide bonds. The number of aliphatic hydroxyl groups is 1. The Morgan fingerprint density at radius 1 is 1.41 bits per heavy atom. The van der Waals surface area contributed by atoms with Crippen LogP contribution in [0.4, 0.5) is 0 Å². The van der Waals surface area contributed by atoms with Crippen molar-refractivity contribution in [3.05, 3.63) is 33.8 Å². The van der Waals surface area contributed by atoms with Gasteiger partial charge in [0.05, 0.1) is 16.1 Å². The third-order valence-corrected chi connectivity index (χ3v) is 3.18. The summed E-state index contributed by atoms with van der Waals surface area (Å²) in [5, 5.41) is 10.9. The second-order valence-corrected chi connectivity index (χ2v) is 4.72. The topological polar surface area (TPSA) is 40.5 Å². The Morgan fingerprint density at radius 2 is 2.12 bits per heavy atom. The summed E-state index contributed by atoms with van der Waals surface area (Å²) in [5.41, 5.74) is 0.720. The van der Waals surface area contributed by atoms with Gasteiger partial charge < -0.3 is 14.8 Å². The summed E-state index contributed by atoms with van der Waals surface area (Å²) >= 11 is 11.7. The number of aldehydes is 1. The van der Waals surface area contributed by atoms with E-state index in [1.54, 1.807) is 18.2 Å². The van der Waals surface area contributed by atoms with Crippen molar-refractivity contribution in [2.24, 2.45) is 0 Å². The maximum atomic E-state index is 10.2. The van der Waals surface area contributed by atoms with Gasteiger partial charge in [-0.3, -0.25) is 0 Å². The lowest BCUT2D eigenvalue weighted by Gasteiger charge is -2.20. The smallest absolute Gasteiger partial charge is 0.121 e. The summed E-state index contributed by atoms with van der Waals surface area (Å²) in [6.45, 7) is 1.08. The summed E-state index contributed by atoms with van der Waals surface area (Å²) in [4.78, 5) is 12.1. The van der Waals surface area contributed by atoms with E-state index in [2.05, 4.69) is 0 Å². The second kappa shape index (κ2) is 6.97. The minimum Gasteiger partial charge on any atom is -0.387 e. The number of hydrogen-bond acceptors (Lipinski definition) is 3. The fourth-order valence-electron chi connectivity index (χ4n) is 1.48. The number of likely N-dealkylation sites (N-methyl/N-ethyl adjacent to an activating group) is 1. The van der Waals surface area contributed by atoms with Gasteiger partial charge in [0, 0.05) is 19.5 Å². The van der Waals surface area contributed by atoms with E-state index in [0.29, 0.717) is 29.6 Å². The number of nitrogens with zero attached hydrogens (tertiary/aromatic N) is 1. The van der Waals surface area contributed by atoms with Crippen LogP contribution in [0, 0.1) is 0 Å². The Morgan fingerprint density at radius 3 is 2.71 bits per heavy atom. The molecule has 0 unspecified atom stereocenters. The van der Waals surface area contributed by atoms with E-state index in [1.165, 1.54) is 0 Å². The third-order valence-electron chi connectivity index (χ3n) is 2.44. The molecule has 1 aromatic rings. The molecule has 0 aliphatic carbocycles. The monoisotopic (exact) mass is 275 g/mol. The fourth-order valence-corrected chi connectivity index (χ4v) is 1.79. The van der Waals surface area contributed by atoms with Crippen LogP contribution in [0.15, 0.2) is 18.2 Å². The van der Waals surface area contributed by atoms with Gasteiger partial charge in [-0.05, 0) is 24.7 Å². The summed E-state index contributed by atoms with van der Waals surface area (Å²) in [6, 6.07) is 5.06. The van der Waals surface area contributed by atoms with Gasteiger partial charge in [-0.25, -0.2) is 0 Å². The van der Waals surface area contributed by atoms with Crippen LogP contribution >= 0.6 is 23.2 Å². The minimum absolute atomic E-state index is 0.429. The largest absolute Gasteiger partial charge is 0.387 e. The lowest BCUT2D eigenvalue weighted by atomic mass is 10.1. The summed E-state index contributed by atoms with van der Waals surface area (Å²) in [6.07, 6.45) is 0.688. The van der Waals surface area contributed by atoms with Gasteiger partial charge in [0.25, 0.3) is 0 Å². The first-order valence-electron chi connectivity index (χ1n) is 5.29. The van der Waals surface area contributed by atoms with E-state index in [1.807, 2.05) is 11.9 Å². The van der Waals surface area contributed by atoms with Gasteiger partial charge >= 0.3 is 0 Å². The van der Waals surface area contributed by atoms with Gasteiger partial charge in [0.2, 0.25) is 0 Å². The van der Waals surface area contributed by atoms with E-state index in [0.717, 1.165) is 11.8 Å². The molecule has 5 heteroatoms. The molecule has 1 atom stereocenters. The van der Waals surface area contributed by atoms with Crippen LogP contribution in [0.5, 0.6) is 0 Å². The zero-order chi connectivity index (χ0) is 12.8. The lowest BCUT2D eigenvalue weighted by Crippen LogP contribution is -2.25. The fraction of sp³-hybridized carbons (Fsp3) is 0.417. The Bertz CT molecular complexity index is 385. The Hall–Kier alpha value is -0.610. The van der Waals surface area contributed by atoms with Crippen LogP contribution in [-0.4, -0.2) is 36.4 Å². The number of benzene rings is 1. The van der Waals surface area contributed by atoms with Crippen LogP contribution in [0.2, 0.25) is 10.0 Å². The van der Waals surface area contributed by atoms with E-state index in [9.17, 15) is 9.90 Å². The highest BCUT2D eigenvalue weighted by molar-refractivity contribution is 6.42. The Balaban J connectivity index is 2.59. The molecule has 0 fully saturated rings. The predicted octanol–water partition coefficient (Wildman–Crippen LogP) is 2.55. The SMILES string of the molecule is CN(CCC=O)C[C@H](O)c1ccc(Cl)c(Cl)c1. The molecule has 0 saturated heterocycles. The average molecular weight is 276 g/mol. The maximum Gasteiger partial charge on any atom is 0.121 e. The van der Waals surface area contributed by atoms with Crippen molar-refractivity contribution < 1.29 is 9.90 Å². The highest BCUT2D eigenvalue weighted by Gasteiger charge is 2.11. The molecule has 17 heavy (non-hydrogen) atoms. The number of hydrogen-bond donors (Lipinski definition) is 1. The van der Waals surface area contributed by atoms with Gasteiger partial charge in [-0.15, -0.1) is 0 Å². The van der Waals surface area contributed by atoms with Gasteiger partial charge in [-0.2, -0.15) is 0 Å². The molecule has 0 spiro atoms. The molecule has 0 bridgehead atoms. The Kier molecular flexibility index (Phi) is 5.92. The van der Waals surface area contributed by atoms with E-state index in [4.69, 9.17) is 23.2 Å². The first-order chi connectivity index (χ1) is 8.04. The number of halogens is 2. The first kappa shape index (κ1) is 14.5. The standard InChI is InChI=1S/C12H15Cl2NO2/c1-15(5-2-6-16)8-12(17)9-3-4-10(13)11(14)7-9/h3-4,6-7,12,17H,2,5,8H2,1H3/t12-/m0/s1. The molecule has 0 aliphatic rings. The van der Waals surface area contributed by atoms with Gasteiger partial charge in [0.15, 0.2) is 0 Å². The zero-order valence-corrected chi connectivity index (χ0v) is 11.1. The molecular weight excluding hydrogens is 261 g/mol. The number of rotatable bonds is 6. The highest BCUT2D eigenvalue weighted by atomic mass is 35.5. The van der Waals surface area contributed by atoms with Gasteiger partial charge in [-0.1, -0.05) is 29.3 Å². The molecule has 1 rings (SSSR count). The van der Waals surface area contributed by atoms with Crippen LogP contribution in [0.25, 0.3) is 0 Å². The van der Waals surface area contributed by atoms with E-state index in [-0.39, 0.29) is 0 Å². The average Bonchev–Trinajstić information content (AvgIpc) is 2.30. The molecule has 1 aromatic carbocycles. The molecule has 0 aromatic heterocycles. The van der Waals surface area contributed by atoms with Crippen molar-refractivity contribution in [2.45, 2.75) is 12.5 Å². The molecule has 3 nitrogen and oxygen atoms in total. The van der Waals surface area contributed by atoms with Crippen molar-refractivity contribution in [3.63, 3.8) is 0 Å². The molecule has 0 radical (unpaired) electrons. The molecule has 0 aliphatic heterocycles. The lowest BCUT2D eigenvalue weighted by molar-refractivity contribution is -0.108. The van der Waals surface area contributed by atoms with Crippen LogP contribution < -0.4 is 0 Å². The van der Waals surface area contributed by atoms with E-state index < -0.39 is 6.10 Å². The zero-order valence-electron chi connectivity index (χ0n) is 9.57. The molecule has 0 saturated carbocycles. The second-order valence-electron chi connectivity index (χ2n) is 3.91. The van der Waals surface area contributed by atoms with E-state index >= 15 is 0 Å². The minimum atomic E-state index is -0.638. The molecule has 94 valence electrons.